The first-order valence-electron chi connectivity index (χ1n) is 7.98. The van der Waals surface area contributed by atoms with Crippen molar-refractivity contribution in [1.29, 1.82) is 0 Å². The van der Waals surface area contributed by atoms with Crippen LogP contribution in [0.5, 0.6) is 0 Å². The van der Waals surface area contributed by atoms with E-state index >= 15 is 0 Å². The molecule has 0 atom stereocenters. The second-order valence-corrected chi connectivity index (χ2v) is 6.70. The van der Waals surface area contributed by atoms with Crippen LogP contribution in [0.1, 0.15) is 39.3 Å². The van der Waals surface area contributed by atoms with Gasteiger partial charge in [-0.1, -0.05) is 17.2 Å². The van der Waals surface area contributed by atoms with Gasteiger partial charge in [0, 0.05) is 18.3 Å². The number of imide groups is 1. The zero-order valence-corrected chi connectivity index (χ0v) is 14.3. The molecule has 0 saturated carbocycles. The summed E-state index contributed by atoms with van der Waals surface area (Å²) in [5, 5.41) is 2.67. The topological polar surface area (TPSA) is 96.9 Å². The molecule has 9 heteroatoms. The van der Waals surface area contributed by atoms with Crippen LogP contribution >= 0.6 is 11.3 Å². The minimum atomic E-state index is -0.774. The average molecular weight is 371 g/mol. The number of amides is 3. The lowest BCUT2D eigenvalue weighted by atomic mass is 10.1. The monoisotopic (exact) mass is 371 g/mol. The second-order valence-electron chi connectivity index (χ2n) is 5.86. The molecule has 26 heavy (non-hydrogen) atoms. The van der Waals surface area contributed by atoms with E-state index in [9.17, 15) is 19.2 Å². The highest BCUT2D eigenvalue weighted by atomic mass is 32.1. The minimum Gasteiger partial charge on any atom is -0.329 e. The van der Waals surface area contributed by atoms with Crippen LogP contribution in [0, 0.1) is 0 Å². The van der Waals surface area contributed by atoms with Crippen molar-refractivity contribution in [2.24, 2.45) is 0 Å². The first-order chi connectivity index (χ1) is 12.5. The number of hydrogen-bond donors (Lipinski definition) is 0. The van der Waals surface area contributed by atoms with Gasteiger partial charge in [0.15, 0.2) is 5.13 Å². The standard InChI is InChI=1S/C17H13N3O5S/c21-13-6-3-7-19(13)17-18-10(9-26-17)8-14(22)25-20-15(23)11-4-1-2-5-12(11)16(20)24/h1-2,4-5,9H,3,6-8H2. The summed E-state index contributed by atoms with van der Waals surface area (Å²) in [5.74, 6) is -2.09. The first-order valence-corrected chi connectivity index (χ1v) is 8.86. The fourth-order valence-electron chi connectivity index (χ4n) is 2.88. The fourth-order valence-corrected chi connectivity index (χ4v) is 3.75. The normalized spacial score (nSPS) is 16.4. The van der Waals surface area contributed by atoms with Crippen LogP contribution in [0.2, 0.25) is 0 Å². The van der Waals surface area contributed by atoms with Gasteiger partial charge in [0.1, 0.15) is 0 Å². The summed E-state index contributed by atoms with van der Waals surface area (Å²) >= 11 is 1.26. The molecule has 3 amide bonds. The summed E-state index contributed by atoms with van der Waals surface area (Å²) in [5.41, 5.74) is 0.828. The fraction of sp³-hybridized carbons (Fsp3) is 0.235. The molecule has 1 aromatic heterocycles. The third-order valence-corrected chi connectivity index (χ3v) is 5.03. The molecule has 4 rings (SSSR count). The van der Waals surface area contributed by atoms with E-state index in [0.717, 1.165) is 6.42 Å². The van der Waals surface area contributed by atoms with E-state index in [1.54, 1.807) is 22.4 Å². The maximum atomic E-state index is 12.2. The minimum absolute atomic E-state index is 0.0134. The predicted molar refractivity (Wildman–Crippen MR) is 90.4 cm³/mol. The van der Waals surface area contributed by atoms with E-state index in [4.69, 9.17) is 4.84 Å². The Kier molecular flexibility index (Phi) is 4.00. The van der Waals surface area contributed by atoms with Gasteiger partial charge in [0.2, 0.25) is 5.91 Å². The summed E-state index contributed by atoms with van der Waals surface area (Å²) in [6, 6.07) is 6.27. The summed E-state index contributed by atoms with van der Waals surface area (Å²) in [6.45, 7) is 0.616. The number of carbonyl (C=O) groups is 4. The molecular formula is C17H13N3O5S. The highest BCUT2D eigenvalue weighted by molar-refractivity contribution is 7.14. The number of hydroxylamine groups is 2. The van der Waals surface area contributed by atoms with Gasteiger partial charge >= 0.3 is 5.97 Å². The molecule has 132 valence electrons. The van der Waals surface area contributed by atoms with Gasteiger partial charge in [-0.25, -0.2) is 9.78 Å². The Balaban J connectivity index is 1.42. The molecule has 0 aliphatic carbocycles. The molecule has 0 spiro atoms. The Bertz CT molecular complexity index is 903. The van der Waals surface area contributed by atoms with Crippen LogP contribution in [0.15, 0.2) is 29.6 Å². The molecule has 1 fully saturated rings. The Morgan fingerprint density at radius 3 is 2.46 bits per heavy atom. The molecule has 0 unspecified atom stereocenters. The van der Waals surface area contributed by atoms with E-state index in [1.165, 1.54) is 23.5 Å². The summed E-state index contributed by atoms with van der Waals surface area (Å²) in [6.07, 6.45) is 1.08. The van der Waals surface area contributed by atoms with Crippen LogP contribution in [-0.2, 0) is 20.8 Å². The largest absolute Gasteiger partial charge is 0.339 e. The van der Waals surface area contributed by atoms with Crippen LogP contribution < -0.4 is 4.90 Å². The highest BCUT2D eigenvalue weighted by Crippen LogP contribution is 2.26. The maximum Gasteiger partial charge on any atom is 0.339 e. The van der Waals surface area contributed by atoms with Crippen molar-refractivity contribution >= 4 is 40.2 Å². The zero-order valence-electron chi connectivity index (χ0n) is 13.5. The lowest BCUT2D eigenvalue weighted by molar-refractivity contribution is -0.167. The quantitative estimate of drug-likeness (QED) is 0.757. The van der Waals surface area contributed by atoms with E-state index < -0.39 is 17.8 Å². The van der Waals surface area contributed by atoms with Gasteiger partial charge < -0.3 is 4.84 Å². The van der Waals surface area contributed by atoms with Crippen molar-refractivity contribution in [3.63, 3.8) is 0 Å². The number of aromatic nitrogens is 1. The number of anilines is 1. The molecule has 2 aliphatic heterocycles. The van der Waals surface area contributed by atoms with Gasteiger partial charge in [0.25, 0.3) is 11.8 Å². The van der Waals surface area contributed by atoms with E-state index in [2.05, 4.69) is 4.98 Å². The Labute approximate surface area is 151 Å². The third kappa shape index (κ3) is 2.76. The van der Waals surface area contributed by atoms with Crippen LogP contribution in [0.25, 0.3) is 0 Å². The number of thiazole rings is 1. The van der Waals surface area contributed by atoms with Crippen molar-refractivity contribution in [2.75, 3.05) is 11.4 Å². The van der Waals surface area contributed by atoms with Crippen molar-refractivity contribution in [3.05, 3.63) is 46.5 Å². The smallest absolute Gasteiger partial charge is 0.329 e. The van der Waals surface area contributed by atoms with E-state index in [1.807, 2.05) is 0 Å². The predicted octanol–water partition coefficient (Wildman–Crippen LogP) is 1.57. The van der Waals surface area contributed by atoms with Gasteiger partial charge in [-0.2, -0.15) is 0 Å². The van der Waals surface area contributed by atoms with Gasteiger partial charge in [0.05, 0.1) is 23.2 Å². The zero-order chi connectivity index (χ0) is 18.3. The molecule has 1 aromatic carbocycles. The number of benzene rings is 1. The lowest BCUT2D eigenvalue weighted by Crippen LogP contribution is -2.33. The van der Waals surface area contributed by atoms with Gasteiger partial charge in [-0.05, 0) is 18.6 Å². The molecule has 0 N–H and O–H groups in total. The number of fused-ring (bicyclic) bond motifs is 1. The van der Waals surface area contributed by atoms with E-state index in [0.29, 0.717) is 28.9 Å². The average Bonchev–Trinajstić information content (AvgIpc) is 3.31. The molecule has 2 aliphatic rings. The number of carbonyl (C=O) groups excluding carboxylic acids is 4. The van der Waals surface area contributed by atoms with Gasteiger partial charge in [-0.3, -0.25) is 19.3 Å². The summed E-state index contributed by atoms with van der Waals surface area (Å²) < 4.78 is 0. The van der Waals surface area contributed by atoms with Crippen LogP contribution in [0.3, 0.4) is 0 Å². The molecule has 0 radical (unpaired) electrons. The molecule has 8 nitrogen and oxygen atoms in total. The molecule has 0 bridgehead atoms. The lowest BCUT2D eigenvalue weighted by Gasteiger charge is -2.12. The molecular weight excluding hydrogens is 358 g/mol. The SMILES string of the molecule is O=C(Cc1csc(N2CCCC2=O)n1)ON1C(=O)c2ccccc2C1=O. The third-order valence-electron chi connectivity index (χ3n) is 4.12. The molecule has 2 aromatic rings. The van der Waals surface area contributed by atoms with Crippen molar-refractivity contribution < 1.29 is 24.0 Å². The molecule has 1 saturated heterocycles. The summed E-state index contributed by atoms with van der Waals surface area (Å²) in [7, 11) is 0. The Morgan fingerprint density at radius 2 is 1.85 bits per heavy atom. The number of rotatable bonds is 4. The van der Waals surface area contributed by atoms with Crippen molar-refractivity contribution in [2.45, 2.75) is 19.3 Å². The van der Waals surface area contributed by atoms with Crippen LogP contribution in [0.4, 0.5) is 5.13 Å². The highest BCUT2D eigenvalue weighted by Gasteiger charge is 2.38. The van der Waals surface area contributed by atoms with Crippen molar-refractivity contribution in [3.8, 4) is 0 Å². The van der Waals surface area contributed by atoms with E-state index in [-0.39, 0.29) is 23.5 Å². The molecule has 3 heterocycles. The second kappa shape index (κ2) is 6.34. The maximum absolute atomic E-state index is 12.2. The van der Waals surface area contributed by atoms with Crippen LogP contribution in [-0.4, -0.2) is 40.3 Å². The van der Waals surface area contributed by atoms with Gasteiger partial charge in [-0.15, -0.1) is 11.3 Å². The summed E-state index contributed by atoms with van der Waals surface area (Å²) in [4.78, 5) is 59.0. The van der Waals surface area contributed by atoms with Crippen molar-refractivity contribution in [1.82, 2.24) is 10.0 Å². The number of hydrogen-bond acceptors (Lipinski definition) is 7. The Hall–Kier alpha value is -3.07. The first kappa shape index (κ1) is 16.4. The Morgan fingerprint density at radius 1 is 1.15 bits per heavy atom. The number of nitrogens with zero attached hydrogens (tertiary/aromatic N) is 3.